The average Bonchev–Trinajstić information content (AvgIpc) is 2.78. The van der Waals surface area contributed by atoms with Crippen LogP contribution in [0.5, 0.6) is 0 Å². The summed E-state index contributed by atoms with van der Waals surface area (Å²) in [4.78, 5) is 12.1. The fourth-order valence-electron chi connectivity index (χ4n) is 1.86. The van der Waals surface area contributed by atoms with Crippen molar-refractivity contribution in [3.8, 4) is 11.8 Å². The Balaban J connectivity index is 2.20. The van der Waals surface area contributed by atoms with Crippen LogP contribution >= 0.6 is 0 Å². The lowest BCUT2D eigenvalue weighted by Crippen LogP contribution is -2.13. The summed E-state index contributed by atoms with van der Waals surface area (Å²) >= 11 is 0. The van der Waals surface area contributed by atoms with E-state index in [4.69, 9.17) is 5.73 Å². The Labute approximate surface area is 122 Å². The van der Waals surface area contributed by atoms with Gasteiger partial charge in [-0.2, -0.15) is 5.10 Å². The van der Waals surface area contributed by atoms with Crippen molar-refractivity contribution in [3.05, 3.63) is 47.0 Å². The molecule has 21 heavy (non-hydrogen) atoms. The zero-order valence-corrected chi connectivity index (χ0v) is 11.8. The number of nitrogens with zero attached hydrogens (tertiary/aromatic N) is 2. The van der Waals surface area contributed by atoms with Gasteiger partial charge in [0.15, 0.2) is 0 Å². The summed E-state index contributed by atoms with van der Waals surface area (Å²) in [5.41, 5.74) is 6.86. The number of hydrogen-bond donors (Lipinski definition) is 2. The smallest absolute Gasteiger partial charge is 0.259 e. The van der Waals surface area contributed by atoms with E-state index in [-0.39, 0.29) is 12.2 Å². The maximum absolute atomic E-state index is 13.9. The van der Waals surface area contributed by atoms with Crippen LogP contribution in [0.15, 0.2) is 24.4 Å². The van der Waals surface area contributed by atoms with Gasteiger partial charge in [0.05, 0.1) is 23.5 Å². The lowest BCUT2D eigenvalue weighted by Gasteiger charge is -2.06. The number of aryl methyl sites for hydroxylation is 2. The molecule has 0 radical (unpaired) electrons. The van der Waals surface area contributed by atoms with Crippen LogP contribution in [0.4, 0.5) is 10.1 Å². The number of halogens is 1. The Morgan fingerprint density at radius 3 is 2.86 bits per heavy atom. The van der Waals surface area contributed by atoms with Gasteiger partial charge in [-0.25, -0.2) is 4.39 Å². The SMILES string of the molecule is Cc1nn(C)cc1C(=O)Nc1ccc(C#CCN)cc1F. The quantitative estimate of drug-likeness (QED) is 0.820. The molecule has 0 aliphatic rings. The van der Waals surface area contributed by atoms with Gasteiger partial charge in [0.25, 0.3) is 5.91 Å². The van der Waals surface area contributed by atoms with Crippen LogP contribution in [0, 0.1) is 24.6 Å². The van der Waals surface area contributed by atoms with Gasteiger partial charge in [-0.15, -0.1) is 0 Å². The summed E-state index contributed by atoms with van der Waals surface area (Å²) < 4.78 is 15.5. The molecular formula is C15H15FN4O. The first-order chi connectivity index (χ1) is 10.0. The first-order valence-electron chi connectivity index (χ1n) is 6.31. The van der Waals surface area contributed by atoms with Gasteiger partial charge in [0.2, 0.25) is 0 Å². The largest absolute Gasteiger partial charge is 0.320 e. The van der Waals surface area contributed by atoms with Crippen molar-refractivity contribution in [2.24, 2.45) is 12.8 Å². The normalized spacial score (nSPS) is 9.90. The number of amides is 1. The molecular weight excluding hydrogens is 271 g/mol. The summed E-state index contributed by atoms with van der Waals surface area (Å²) in [6.45, 7) is 1.93. The van der Waals surface area contributed by atoms with E-state index in [2.05, 4.69) is 22.3 Å². The Kier molecular flexibility index (Phi) is 4.36. The molecule has 108 valence electrons. The number of anilines is 1. The number of rotatable bonds is 2. The Bertz CT molecular complexity index is 740. The molecule has 1 heterocycles. The zero-order chi connectivity index (χ0) is 15.4. The van der Waals surface area contributed by atoms with E-state index < -0.39 is 11.7 Å². The molecule has 0 fully saturated rings. The standard InChI is InChI=1S/C15H15FN4O/c1-10-12(9-20(2)19-10)15(21)18-14-6-5-11(4-3-7-17)8-13(14)16/h5-6,8-9H,7,17H2,1-2H3,(H,18,21). The van der Waals surface area contributed by atoms with Crippen molar-refractivity contribution < 1.29 is 9.18 Å². The van der Waals surface area contributed by atoms with Gasteiger partial charge in [-0.3, -0.25) is 9.48 Å². The van der Waals surface area contributed by atoms with Crippen molar-refractivity contribution in [1.82, 2.24) is 9.78 Å². The molecule has 1 amide bonds. The van der Waals surface area contributed by atoms with Crippen LogP contribution in [-0.4, -0.2) is 22.2 Å². The van der Waals surface area contributed by atoms with E-state index in [1.807, 2.05) is 0 Å². The lowest BCUT2D eigenvalue weighted by molar-refractivity contribution is 0.102. The van der Waals surface area contributed by atoms with Crippen molar-refractivity contribution in [2.45, 2.75) is 6.92 Å². The van der Waals surface area contributed by atoms with Crippen molar-refractivity contribution in [1.29, 1.82) is 0 Å². The average molecular weight is 286 g/mol. The predicted molar refractivity (Wildman–Crippen MR) is 78.2 cm³/mol. The number of carbonyl (C=O) groups is 1. The summed E-state index contributed by atoms with van der Waals surface area (Å²) in [7, 11) is 1.72. The third-order valence-corrected chi connectivity index (χ3v) is 2.81. The zero-order valence-electron chi connectivity index (χ0n) is 11.8. The molecule has 5 nitrogen and oxygen atoms in total. The molecule has 1 aromatic heterocycles. The summed E-state index contributed by atoms with van der Waals surface area (Å²) in [5, 5.41) is 6.60. The third kappa shape index (κ3) is 3.46. The van der Waals surface area contributed by atoms with Crippen LogP contribution in [-0.2, 0) is 7.05 Å². The maximum Gasteiger partial charge on any atom is 0.259 e. The highest BCUT2D eigenvalue weighted by Crippen LogP contribution is 2.17. The highest BCUT2D eigenvalue weighted by molar-refractivity contribution is 6.04. The van der Waals surface area contributed by atoms with Gasteiger partial charge in [0, 0.05) is 18.8 Å². The number of aromatic nitrogens is 2. The highest BCUT2D eigenvalue weighted by Gasteiger charge is 2.14. The molecule has 3 N–H and O–H groups in total. The molecule has 0 unspecified atom stereocenters. The van der Waals surface area contributed by atoms with Gasteiger partial charge in [-0.05, 0) is 25.1 Å². The van der Waals surface area contributed by atoms with Gasteiger partial charge in [-0.1, -0.05) is 11.8 Å². The minimum atomic E-state index is -0.547. The van der Waals surface area contributed by atoms with E-state index in [1.165, 1.54) is 16.8 Å². The van der Waals surface area contributed by atoms with E-state index >= 15 is 0 Å². The van der Waals surface area contributed by atoms with Crippen LogP contribution in [0.3, 0.4) is 0 Å². The molecule has 0 bridgehead atoms. The molecule has 0 saturated heterocycles. The van der Waals surface area contributed by atoms with Crippen molar-refractivity contribution in [3.63, 3.8) is 0 Å². The van der Waals surface area contributed by atoms with E-state index in [0.29, 0.717) is 16.8 Å². The summed E-state index contributed by atoms with van der Waals surface area (Å²) in [6, 6.07) is 4.35. The second-order valence-electron chi connectivity index (χ2n) is 4.46. The van der Waals surface area contributed by atoms with Gasteiger partial charge in [0.1, 0.15) is 5.82 Å². The third-order valence-electron chi connectivity index (χ3n) is 2.81. The monoisotopic (exact) mass is 286 g/mol. The maximum atomic E-state index is 13.9. The molecule has 0 aliphatic heterocycles. The van der Waals surface area contributed by atoms with E-state index in [0.717, 1.165) is 0 Å². The molecule has 0 spiro atoms. The Hall–Kier alpha value is -2.65. The molecule has 0 saturated carbocycles. The molecule has 2 aromatic rings. The molecule has 0 aliphatic carbocycles. The first-order valence-corrected chi connectivity index (χ1v) is 6.31. The number of nitrogens with two attached hydrogens (primary N) is 1. The minimum absolute atomic E-state index is 0.0987. The summed E-state index contributed by atoms with van der Waals surface area (Å²) in [5.74, 6) is 4.42. The van der Waals surface area contributed by atoms with Gasteiger partial charge < -0.3 is 11.1 Å². The Morgan fingerprint density at radius 2 is 2.29 bits per heavy atom. The van der Waals surface area contributed by atoms with Crippen molar-refractivity contribution in [2.75, 3.05) is 11.9 Å². The molecule has 1 aromatic carbocycles. The number of carbonyl (C=O) groups excluding carboxylic acids is 1. The molecule has 0 atom stereocenters. The summed E-state index contributed by atoms with van der Waals surface area (Å²) in [6.07, 6.45) is 1.59. The molecule has 6 heteroatoms. The van der Waals surface area contributed by atoms with E-state index in [9.17, 15) is 9.18 Å². The number of benzene rings is 1. The van der Waals surface area contributed by atoms with Crippen LogP contribution in [0.1, 0.15) is 21.6 Å². The first kappa shape index (κ1) is 14.8. The second-order valence-corrected chi connectivity index (χ2v) is 4.46. The topological polar surface area (TPSA) is 72.9 Å². The Morgan fingerprint density at radius 1 is 1.52 bits per heavy atom. The highest BCUT2D eigenvalue weighted by atomic mass is 19.1. The minimum Gasteiger partial charge on any atom is -0.320 e. The number of nitrogens with one attached hydrogen (secondary N) is 1. The van der Waals surface area contributed by atoms with E-state index in [1.54, 1.807) is 26.2 Å². The second kappa shape index (κ2) is 6.20. The fraction of sp³-hybridized carbons (Fsp3) is 0.200. The number of hydrogen-bond acceptors (Lipinski definition) is 3. The van der Waals surface area contributed by atoms with Gasteiger partial charge >= 0.3 is 0 Å². The van der Waals surface area contributed by atoms with Crippen molar-refractivity contribution >= 4 is 11.6 Å². The van der Waals surface area contributed by atoms with Crippen LogP contribution < -0.4 is 11.1 Å². The van der Waals surface area contributed by atoms with Crippen LogP contribution in [0.2, 0.25) is 0 Å². The lowest BCUT2D eigenvalue weighted by atomic mass is 10.2. The predicted octanol–water partition coefficient (Wildman–Crippen LogP) is 1.43. The fourth-order valence-corrected chi connectivity index (χ4v) is 1.86. The molecule has 2 rings (SSSR count). The van der Waals surface area contributed by atoms with Crippen LogP contribution in [0.25, 0.3) is 0 Å².